The van der Waals surface area contributed by atoms with E-state index in [0.29, 0.717) is 5.56 Å². The maximum absolute atomic E-state index is 13.7. The Hall–Kier alpha value is -1.52. The molecule has 0 heterocycles. The van der Waals surface area contributed by atoms with Gasteiger partial charge < -0.3 is 9.84 Å². The zero-order chi connectivity index (χ0) is 13.8. The predicted molar refractivity (Wildman–Crippen MR) is 74.2 cm³/mol. The first-order valence-electron chi connectivity index (χ1n) is 5.90. The monoisotopic (exact) mass is 278 g/mol. The lowest BCUT2D eigenvalue weighted by atomic mass is 10.1. The van der Waals surface area contributed by atoms with Gasteiger partial charge in [0.2, 0.25) is 0 Å². The van der Waals surface area contributed by atoms with Crippen LogP contribution in [0.4, 0.5) is 4.39 Å². The molecule has 2 nitrogen and oxygen atoms in total. The first kappa shape index (κ1) is 13.9. The number of methoxy groups -OCH3 is 1. The summed E-state index contributed by atoms with van der Waals surface area (Å²) in [7, 11) is 1.61. The molecule has 0 aliphatic rings. The summed E-state index contributed by atoms with van der Waals surface area (Å²) < 4.78 is 18.8. The number of hydrogen-bond acceptors (Lipinski definition) is 3. The molecule has 0 aromatic heterocycles. The van der Waals surface area contributed by atoms with E-state index in [1.54, 1.807) is 26.2 Å². The number of aliphatic hydroxyl groups is 1. The zero-order valence-corrected chi connectivity index (χ0v) is 11.6. The van der Waals surface area contributed by atoms with E-state index in [0.717, 1.165) is 15.5 Å². The summed E-state index contributed by atoms with van der Waals surface area (Å²) in [5, 5.41) is 9.67. The van der Waals surface area contributed by atoms with Crippen LogP contribution in [0, 0.1) is 5.82 Å². The molecule has 0 spiro atoms. The third kappa shape index (κ3) is 3.28. The molecular weight excluding hydrogens is 263 g/mol. The summed E-state index contributed by atoms with van der Waals surface area (Å²) in [6.07, 6.45) is -0.832. The van der Waals surface area contributed by atoms with Crippen LogP contribution < -0.4 is 4.74 Å². The Labute approximate surface area is 116 Å². The van der Waals surface area contributed by atoms with Crippen molar-refractivity contribution in [3.63, 3.8) is 0 Å². The summed E-state index contributed by atoms with van der Waals surface area (Å²) in [5.74, 6) is 0.396. The number of aliphatic hydroxyl groups excluding tert-OH is 1. The molecule has 0 bridgehead atoms. The second-order valence-corrected chi connectivity index (χ2v) is 5.22. The number of halogens is 1. The predicted octanol–water partition coefficient (Wildman–Crippen LogP) is 4.04. The summed E-state index contributed by atoms with van der Waals surface area (Å²) in [6, 6.07) is 12.3. The molecule has 1 atom stereocenters. The van der Waals surface area contributed by atoms with E-state index in [4.69, 9.17) is 4.74 Å². The lowest BCUT2D eigenvalue weighted by molar-refractivity contribution is 0.191. The molecule has 100 valence electrons. The summed E-state index contributed by atoms with van der Waals surface area (Å²) in [6.45, 7) is 1.57. The smallest absolute Gasteiger partial charge is 0.130 e. The second-order valence-electron chi connectivity index (χ2n) is 4.11. The van der Waals surface area contributed by atoms with E-state index < -0.39 is 6.10 Å². The van der Waals surface area contributed by atoms with Crippen LogP contribution in [-0.4, -0.2) is 12.2 Å². The van der Waals surface area contributed by atoms with Crippen molar-refractivity contribution in [2.45, 2.75) is 22.8 Å². The van der Waals surface area contributed by atoms with Crippen LogP contribution in [0.5, 0.6) is 5.75 Å². The average molecular weight is 278 g/mol. The molecule has 0 radical (unpaired) electrons. The van der Waals surface area contributed by atoms with Gasteiger partial charge >= 0.3 is 0 Å². The normalized spacial score (nSPS) is 12.2. The standard InChI is InChI=1S/C15H15FO2S/c1-10(17)15-13(16)4-3-5-14(15)19-12-8-6-11(18-2)7-9-12/h3-10,17H,1-2H3/t10-/m1/s1. The molecule has 2 rings (SSSR count). The number of ether oxygens (including phenoxy) is 1. The van der Waals surface area contributed by atoms with E-state index in [1.165, 1.54) is 17.8 Å². The summed E-state index contributed by atoms with van der Waals surface area (Å²) in [5.41, 5.74) is 0.336. The van der Waals surface area contributed by atoms with Gasteiger partial charge in [-0.2, -0.15) is 0 Å². The Morgan fingerprint density at radius 2 is 1.84 bits per heavy atom. The van der Waals surface area contributed by atoms with E-state index >= 15 is 0 Å². The van der Waals surface area contributed by atoms with E-state index in [-0.39, 0.29) is 5.82 Å². The Morgan fingerprint density at radius 1 is 1.16 bits per heavy atom. The number of rotatable bonds is 4. The molecular formula is C15H15FO2S. The van der Waals surface area contributed by atoms with Crippen LogP contribution in [0.2, 0.25) is 0 Å². The van der Waals surface area contributed by atoms with Crippen LogP contribution >= 0.6 is 11.8 Å². The largest absolute Gasteiger partial charge is 0.497 e. The minimum atomic E-state index is -0.832. The van der Waals surface area contributed by atoms with Crippen molar-refractivity contribution in [1.82, 2.24) is 0 Å². The van der Waals surface area contributed by atoms with Crippen LogP contribution in [0.25, 0.3) is 0 Å². The van der Waals surface area contributed by atoms with Gasteiger partial charge in [0.15, 0.2) is 0 Å². The lowest BCUT2D eigenvalue weighted by Crippen LogP contribution is -1.98. The lowest BCUT2D eigenvalue weighted by Gasteiger charge is -2.12. The van der Waals surface area contributed by atoms with Crippen LogP contribution in [-0.2, 0) is 0 Å². The third-order valence-corrected chi connectivity index (χ3v) is 3.80. The maximum Gasteiger partial charge on any atom is 0.130 e. The number of hydrogen-bond donors (Lipinski definition) is 1. The fourth-order valence-corrected chi connectivity index (χ4v) is 2.83. The second kappa shape index (κ2) is 6.08. The number of benzene rings is 2. The molecule has 2 aromatic rings. The Kier molecular flexibility index (Phi) is 4.45. The highest BCUT2D eigenvalue weighted by Crippen LogP contribution is 2.35. The maximum atomic E-state index is 13.7. The van der Waals surface area contributed by atoms with Crippen molar-refractivity contribution in [2.24, 2.45) is 0 Å². The van der Waals surface area contributed by atoms with Crippen molar-refractivity contribution >= 4 is 11.8 Å². The third-order valence-electron chi connectivity index (χ3n) is 2.72. The van der Waals surface area contributed by atoms with Gasteiger partial charge in [-0.3, -0.25) is 0 Å². The van der Waals surface area contributed by atoms with Gasteiger partial charge in [-0.25, -0.2) is 4.39 Å². The molecule has 19 heavy (non-hydrogen) atoms. The van der Waals surface area contributed by atoms with Gasteiger partial charge in [0.1, 0.15) is 11.6 Å². The molecule has 0 saturated heterocycles. The van der Waals surface area contributed by atoms with Crippen molar-refractivity contribution in [1.29, 1.82) is 0 Å². The fraction of sp³-hybridized carbons (Fsp3) is 0.200. The zero-order valence-electron chi connectivity index (χ0n) is 10.8. The van der Waals surface area contributed by atoms with Crippen LogP contribution in [0.15, 0.2) is 52.3 Å². The van der Waals surface area contributed by atoms with Gasteiger partial charge in [-0.1, -0.05) is 17.8 Å². The molecule has 0 unspecified atom stereocenters. The molecule has 0 aliphatic carbocycles. The molecule has 2 aromatic carbocycles. The van der Waals surface area contributed by atoms with E-state index in [9.17, 15) is 9.50 Å². The van der Waals surface area contributed by atoms with Gasteiger partial charge in [0, 0.05) is 15.4 Å². The highest BCUT2D eigenvalue weighted by molar-refractivity contribution is 7.99. The van der Waals surface area contributed by atoms with Gasteiger partial charge in [0.05, 0.1) is 13.2 Å². The molecule has 0 aliphatic heterocycles. The summed E-state index contributed by atoms with van der Waals surface area (Å²) >= 11 is 1.42. The minimum absolute atomic E-state index is 0.336. The highest BCUT2D eigenvalue weighted by Gasteiger charge is 2.14. The first-order chi connectivity index (χ1) is 9.11. The van der Waals surface area contributed by atoms with Crippen LogP contribution in [0.3, 0.4) is 0 Å². The van der Waals surface area contributed by atoms with Crippen molar-refractivity contribution in [3.05, 3.63) is 53.8 Å². The van der Waals surface area contributed by atoms with Crippen molar-refractivity contribution < 1.29 is 14.2 Å². The van der Waals surface area contributed by atoms with E-state index in [1.807, 2.05) is 24.3 Å². The van der Waals surface area contributed by atoms with E-state index in [2.05, 4.69) is 0 Å². The van der Waals surface area contributed by atoms with Gasteiger partial charge in [0.25, 0.3) is 0 Å². The SMILES string of the molecule is COc1ccc(Sc2cccc(F)c2[C@@H](C)O)cc1. The Balaban J connectivity index is 2.29. The average Bonchev–Trinajstić information content (AvgIpc) is 2.39. The highest BCUT2D eigenvalue weighted by atomic mass is 32.2. The van der Waals surface area contributed by atoms with Crippen molar-refractivity contribution in [2.75, 3.05) is 7.11 Å². The molecule has 0 fully saturated rings. The fourth-order valence-electron chi connectivity index (χ4n) is 1.78. The van der Waals surface area contributed by atoms with Crippen molar-refractivity contribution in [3.8, 4) is 5.75 Å². The Bertz CT molecular complexity index is 553. The van der Waals surface area contributed by atoms with Gasteiger partial charge in [-0.05, 0) is 43.3 Å². The van der Waals surface area contributed by atoms with Crippen LogP contribution in [0.1, 0.15) is 18.6 Å². The minimum Gasteiger partial charge on any atom is -0.497 e. The molecule has 0 amide bonds. The molecule has 1 N–H and O–H groups in total. The molecule has 0 saturated carbocycles. The summed E-state index contributed by atoms with van der Waals surface area (Å²) in [4.78, 5) is 1.69. The topological polar surface area (TPSA) is 29.5 Å². The first-order valence-corrected chi connectivity index (χ1v) is 6.72. The van der Waals surface area contributed by atoms with Gasteiger partial charge in [-0.15, -0.1) is 0 Å². The Morgan fingerprint density at radius 3 is 2.42 bits per heavy atom. The molecule has 4 heteroatoms. The quantitative estimate of drug-likeness (QED) is 0.915.